The van der Waals surface area contributed by atoms with E-state index in [0.717, 1.165) is 0 Å². The van der Waals surface area contributed by atoms with Crippen molar-refractivity contribution in [3.05, 3.63) is 12.4 Å². The third kappa shape index (κ3) is 5.24. The van der Waals surface area contributed by atoms with Crippen LogP contribution in [0.15, 0.2) is 12.4 Å². The van der Waals surface area contributed by atoms with Gasteiger partial charge in [-0.1, -0.05) is 0 Å². The quantitative estimate of drug-likeness (QED) is 0.607. The number of rotatable bonds is 8. The zero-order chi connectivity index (χ0) is 15.0. The SMILES string of the molecule is COCCn1cc(NC(=O)NC(COC)C(=O)O)cn1. The Labute approximate surface area is 115 Å². The number of carboxylic acids is 1. The van der Waals surface area contributed by atoms with Crippen molar-refractivity contribution in [3.63, 3.8) is 0 Å². The smallest absolute Gasteiger partial charge is 0.328 e. The lowest BCUT2D eigenvalue weighted by molar-refractivity contribution is -0.140. The topological polar surface area (TPSA) is 115 Å². The minimum absolute atomic E-state index is 0.115. The summed E-state index contributed by atoms with van der Waals surface area (Å²) in [5.41, 5.74) is 0.458. The highest BCUT2D eigenvalue weighted by Gasteiger charge is 2.19. The molecule has 1 rings (SSSR count). The third-order valence-corrected chi connectivity index (χ3v) is 2.35. The van der Waals surface area contributed by atoms with E-state index in [4.69, 9.17) is 14.6 Å². The predicted octanol–water partition coefficient (Wildman–Crippen LogP) is -0.249. The van der Waals surface area contributed by atoms with Crippen LogP contribution in [0.1, 0.15) is 0 Å². The van der Waals surface area contributed by atoms with Gasteiger partial charge < -0.3 is 25.2 Å². The van der Waals surface area contributed by atoms with Crippen LogP contribution in [-0.4, -0.2) is 60.4 Å². The molecule has 20 heavy (non-hydrogen) atoms. The zero-order valence-electron chi connectivity index (χ0n) is 11.3. The second-order valence-corrected chi connectivity index (χ2v) is 3.93. The van der Waals surface area contributed by atoms with Crippen molar-refractivity contribution in [1.82, 2.24) is 15.1 Å². The molecule has 3 N–H and O–H groups in total. The minimum atomic E-state index is -1.17. The number of hydrogen-bond acceptors (Lipinski definition) is 5. The summed E-state index contributed by atoms with van der Waals surface area (Å²) in [6.45, 7) is 0.944. The van der Waals surface area contributed by atoms with Crippen LogP contribution in [-0.2, 0) is 20.8 Å². The molecule has 1 unspecified atom stereocenters. The van der Waals surface area contributed by atoms with Crippen LogP contribution in [0.3, 0.4) is 0 Å². The molecule has 0 fully saturated rings. The molecule has 0 aliphatic rings. The van der Waals surface area contributed by atoms with Gasteiger partial charge in [0.05, 0.1) is 31.6 Å². The number of amides is 2. The van der Waals surface area contributed by atoms with Gasteiger partial charge in [0.2, 0.25) is 0 Å². The molecule has 0 aliphatic heterocycles. The van der Waals surface area contributed by atoms with Gasteiger partial charge in [0.1, 0.15) is 0 Å². The van der Waals surface area contributed by atoms with Crippen LogP contribution >= 0.6 is 0 Å². The van der Waals surface area contributed by atoms with Gasteiger partial charge in [0, 0.05) is 20.4 Å². The Bertz CT molecular complexity index is 448. The van der Waals surface area contributed by atoms with Crippen molar-refractivity contribution >= 4 is 17.7 Å². The molecule has 1 heterocycles. The maximum Gasteiger partial charge on any atom is 0.328 e. The third-order valence-electron chi connectivity index (χ3n) is 2.35. The number of ether oxygens (including phenoxy) is 2. The lowest BCUT2D eigenvalue weighted by Gasteiger charge is -2.13. The number of nitrogens with one attached hydrogen (secondary N) is 2. The Morgan fingerprint density at radius 2 is 2.20 bits per heavy atom. The summed E-state index contributed by atoms with van der Waals surface area (Å²) in [5.74, 6) is -1.17. The molecule has 9 nitrogen and oxygen atoms in total. The number of carboxylic acid groups (broad SMARTS) is 1. The van der Waals surface area contributed by atoms with Crippen LogP contribution in [0, 0.1) is 0 Å². The van der Waals surface area contributed by atoms with E-state index in [0.29, 0.717) is 18.8 Å². The number of hydrogen-bond donors (Lipinski definition) is 3. The first kappa shape index (κ1) is 15.9. The number of aliphatic carboxylic acids is 1. The summed E-state index contributed by atoms with van der Waals surface area (Å²) in [5, 5.41) is 17.6. The fourth-order valence-electron chi connectivity index (χ4n) is 1.40. The van der Waals surface area contributed by atoms with Crippen LogP contribution in [0.4, 0.5) is 10.5 Å². The minimum Gasteiger partial charge on any atom is -0.480 e. The van der Waals surface area contributed by atoms with Gasteiger partial charge in [-0.05, 0) is 0 Å². The van der Waals surface area contributed by atoms with Gasteiger partial charge in [0.15, 0.2) is 6.04 Å². The Kier molecular flexibility index (Phi) is 6.47. The van der Waals surface area contributed by atoms with E-state index in [1.807, 2.05) is 0 Å². The molecular formula is C11H18N4O5. The van der Waals surface area contributed by atoms with Gasteiger partial charge in [-0.15, -0.1) is 0 Å². The van der Waals surface area contributed by atoms with E-state index >= 15 is 0 Å². The van der Waals surface area contributed by atoms with Crippen molar-refractivity contribution < 1.29 is 24.2 Å². The molecule has 9 heteroatoms. The number of anilines is 1. The number of aromatic nitrogens is 2. The zero-order valence-corrected chi connectivity index (χ0v) is 11.3. The number of carbonyl (C=O) groups is 2. The van der Waals surface area contributed by atoms with Gasteiger partial charge in [-0.25, -0.2) is 9.59 Å². The fourth-order valence-corrected chi connectivity index (χ4v) is 1.40. The standard InChI is InChI=1S/C11H18N4O5/c1-19-4-3-15-6-8(5-12-15)13-11(18)14-9(7-20-2)10(16)17/h5-6,9H,3-4,7H2,1-2H3,(H,16,17)(H2,13,14,18). The molecule has 0 saturated carbocycles. The van der Waals surface area contributed by atoms with E-state index < -0.39 is 18.0 Å². The number of carbonyl (C=O) groups excluding carboxylic acids is 1. The van der Waals surface area contributed by atoms with Crippen molar-refractivity contribution in [2.45, 2.75) is 12.6 Å². The molecule has 0 bridgehead atoms. The van der Waals surface area contributed by atoms with Crippen LogP contribution < -0.4 is 10.6 Å². The van der Waals surface area contributed by atoms with E-state index in [2.05, 4.69) is 15.7 Å². The lowest BCUT2D eigenvalue weighted by Crippen LogP contribution is -2.45. The Hall–Kier alpha value is -2.13. The molecule has 0 spiro atoms. The van der Waals surface area contributed by atoms with Crippen molar-refractivity contribution in [3.8, 4) is 0 Å². The lowest BCUT2D eigenvalue weighted by atomic mass is 10.3. The summed E-state index contributed by atoms with van der Waals surface area (Å²) in [4.78, 5) is 22.5. The largest absolute Gasteiger partial charge is 0.480 e. The van der Waals surface area contributed by atoms with E-state index in [-0.39, 0.29) is 6.61 Å². The van der Waals surface area contributed by atoms with Crippen molar-refractivity contribution in [2.24, 2.45) is 0 Å². The Morgan fingerprint density at radius 1 is 1.45 bits per heavy atom. The highest BCUT2D eigenvalue weighted by Crippen LogP contribution is 2.04. The normalized spacial score (nSPS) is 11.9. The Balaban J connectivity index is 2.48. The van der Waals surface area contributed by atoms with E-state index in [1.54, 1.807) is 18.0 Å². The molecule has 1 aromatic heterocycles. The molecular weight excluding hydrogens is 268 g/mol. The van der Waals surface area contributed by atoms with Crippen molar-refractivity contribution in [1.29, 1.82) is 0 Å². The van der Waals surface area contributed by atoms with E-state index in [9.17, 15) is 9.59 Å². The summed E-state index contributed by atoms with van der Waals surface area (Å²) in [7, 11) is 2.94. The van der Waals surface area contributed by atoms with Gasteiger partial charge in [0.25, 0.3) is 0 Å². The van der Waals surface area contributed by atoms with Crippen molar-refractivity contribution in [2.75, 3.05) is 32.8 Å². The van der Waals surface area contributed by atoms with Gasteiger partial charge in [-0.3, -0.25) is 4.68 Å². The highest BCUT2D eigenvalue weighted by atomic mass is 16.5. The maximum absolute atomic E-state index is 11.6. The molecule has 1 aromatic rings. The van der Waals surface area contributed by atoms with Crippen LogP contribution in [0.2, 0.25) is 0 Å². The average Bonchev–Trinajstić information content (AvgIpc) is 2.83. The summed E-state index contributed by atoms with van der Waals surface area (Å²) >= 11 is 0. The first-order chi connectivity index (χ1) is 9.56. The van der Waals surface area contributed by atoms with Crippen LogP contribution in [0.5, 0.6) is 0 Å². The molecule has 0 saturated heterocycles. The predicted molar refractivity (Wildman–Crippen MR) is 69.6 cm³/mol. The number of nitrogens with zero attached hydrogens (tertiary/aromatic N) is 2. The molecule has 0 radical (unpaired) electrons. The van der Waals surface area contributed by atoms with E-state index in [1.165, 1.54) is 13.3 Å². The molecule has 2 amide bonds. The van der Waals surface area contributed by atoms with Gasteiger partial charge in [-0.2, -0.15) is 5.10 Å². The summed E-state index contributed by atoms with van der Waals surface area (Å²) < 4.78 is 11.2. The van der Waals surface area contributed by atoms with Gasteiger partial charge >= 0.3 is 12.0 Å². The maximum atomic E-state index is 11.6. The monoisotopic (exact) mass is 286 g/mol. The molecule has 1 atom stereocenters. The highest BCUT2D eigenvalue weighted by molar-refractivity contribution is 5.92. The molecule has 0 aromatic carbocycles. The second-order valence-electron chi connectivity index (χ2n) is 3.93. The summed E-state index contributed by atoms with van der Waals surface area (Å²) in [6.07, 6.45) is 3.08. The fraction of sp³-hybridized carbons (Fsp3) is 0.545. The number of methoxy groups -OCH3 is 2. The molecule has 112 valence electrons. The molecule has 0 aliphatic carbocycles. The Morgan fingerprint density at radius 3 is 2.80 bits per heavy atom. The second kappa shape index (κ2) is 8.12. The first-order valence-corrected chi connectivity index (χ1v) is 5.87. The number of urea groups is 1. The van der Waals surface area contributed by atoms with Crippen LogP contribution in [0.25, 0.3) is 0 Å². The average molecular weight is 286 g/mol. The first-order valence-electron chi connectivity index (χ1n) is 5.87. The summed E-state index contributed by atoms with van der Waals surface area (Å²) in [6, 6.07) is -1.75.